The monoisotopic (exact) mass is 162 g/mol. The van der Waals surface area contributed by atoms with Crippen molar-refractivity contribution in [2.24, 2.45) is 0 Å². The summed E-state index contributed by atoms with van der Waals surface area (Å²) in [5.74, 6) is 0. The summed E-state index contributed by atoms with van der Waals surface area (Å²) in [6, 6.07) is 0. The van der Waals surface area contributed by atoms with Crippen molar-refractivity contribution in [1.82, 2.24) is 20.2 Å². The van der Waals surface area contributed by atoms with Gasteiger partial charge < -0.3 is 7.84 Å². The van der Waals surface area contributed by atoms with Gasteiger partial charge in [-0.3, -0.25) is 9.89 Å². The summed E-state index contributed by atoms with van der Waals surface area (Å²) >= 11 is 0. The molecule has 6 heteroatoms. The number of hydrogen-bond acceptors (Lipinski definition) is 3. The Labute approximate surface area is 80.4 Å². The minimum absolute atomic E-state index is 0. The van der Waals surface area contributed by atoms with Crippen LogP contribution in [0.1, 0.15) is 2.85 Å². The Kier molecular flexibility index (Phi) is 2.25. The first-order chi connectivity index (χ1) is 4.88. The van der Waals surface area contributed by atoms with E-state index in [-0.39, 0.29) is 31.5 Å². The van der Waals surface area contributed by atoms with E-state index in [1.54, 1.807) is 0 Å². The average molecular weight is 162 g/mol. The minimum Gasteiger partial charge on any atom is -1.00 e. The number of aromatic nitrogens is 4. The molecule has 2 aromatic rings. The molecule has 2 heterocycles. The Bertz CT molecular complexity index is 414. The normalized spacial score (nSPS) is 9.45. The van der Waals surface area contributed by atoms with Gasteiger partial charge in [0.25, 0.3) is 5.56 Å². The predicted octanol–water partition coefficient (Wildman–Crippen LogP) is -0.510. The molecular weight excluding hydrogens is 156 g/mol. The fourth-order valence-electron chi connectivity index (χ4n) is 0.777. The van der Waals surface area contributed by atoms with Crippen LogP contribution in [0.25, 0.3) is 11.0 Å². The van der Waals surface area contributed by atoms with Crippen molar-refractivity contribution in [1.29, 1.82) is 0 Å². The molecule has 11 heavy (non-hydrogen) atoms. The second kappa shape index (κ2) is 3.01. The number of H-pyrrole nitrogens is 2. The molecule has 2 N–H and O–H groups in total. The molecule has 0 radical (unpaired) electrons. The van der Waals surface area contributed by atoms with Gasteiger partial charge >= 0.3 is 23.1 Å². The first kappa shape index (κ1) is 8.22. The van der Waals surface area contributed by atoms with E-state index in [0.29, 0.717) is 11.0 Å². The van der Waals surface area contributed by atoms with Gasteiger partial charge in [0.2, 0.25) is 0 Å². The van der Waals surface area contributed by atoms with E-state index in [0.717, 1.165) is 0 Å². The molecule has 0 unspecified atom stereocenters. The number of nitrogens with zero attached hydrogens (tertiary/aromatic N) is 2. The van der Waals surface area contributed by atoms with Crippen molar-refractivity contribution < 1.29 is 2.85 Å². The van der Waals surface area contributed by atoms with E-state index >= 15 is 0 Å². The molecule has 5 nitrogen and oxygen atoms in total. The molecular formula is C5H6MgN4O. The van der Waals surface area contributed by atoms with E-state index in [4.69, 9.17) is 0 Å². The van der Waals surface area contributed by atoms with Crippen molar-refractivity contribution >= 4 is 34.1 Å². The summed E-state index contributed by atoms with van der Waals surface area (Å²) in [7, 11) is 0. The minimum atomic E-state index is -0.168. The standard InChI is InChI=1S/C5H4N4O.Mg.2H/c10-5-3-1-8-9-4(3)6-2-7-5;;;/h1-2H,(H2,6,7,8,9,10);;;/q;+2;2*-1. The van der Waals surface area contributed by atoms with Crippen LogP contribution >= 0.6 is 0 Å². The maximum absolute atomic E-state index is 10.9. The predicted molar refractivity (Wildman–Crippen MR) is 42.5 cm³/mol. The quantitative estimate of drug-likeness (QED) is 0.513. The van der Waals surface area contributed by atoms with Crippen LogP contribution < -0.4 is 5.56 Å². The Morgan fingerprint density at radius 2 is 2.36 bits per heavy atom. The maximum atomic E-state index is 10.9. The molecule has 0 aromatic carbocycles. The molecule has 0 amide bonds. The van der Waals surface area contributed by atoms with Gasteiger partial charge in [-0.25, -0.2) is 4.98 Å². The molecule has 0 bridgehead atoms. The molecule has 0 saturated carbocycles. The maximum Gasteiger partial charge on any atom is 2.00 e. The molecule has 0 aliphatic heterocycles. The first-order valence-electron chi connectivity index (χ1n) is 2.75. The summed E-state index contributed by atoms with van der Waals surface area (Å²) in [6.45, 7) is 0. The fourth-order valence-corrected chi connectivity index (χ4v) is 0.777. The second-order valence-corrected chi connectivity index (χ2v) is 1.86. The van der Waals surface area contributed by atoms with E-state index in [2.05, 4.69) is 20.2 Å². The van der Waals surface area contributed by atoms with Crippen LogP contribution in [-0.4, -0.2) is 43.2 Å². The van der Waals surface area contributed by atoms with E-state index in [1.165, 1.54) is 12.5 Å². The largest absolute Gasteiger partial charge is 2.00 e. The molecule has 0 spiro atoms. The van der Waals surface area contributed by atoms with Gasteiger partial charge in [-0.2, -0.15) is 5.10 Å². The van der Waals surface area contributed by atoms with Crippen molar-refractivity contribution in [3.63, 3.8) is 0 Å². The molecule has 0 atom stereocenters. The van der Waals surface area contributed by atoms with Crippen molar-refractivity contribution in [2.75, 3.05) is 0 Å². The third-order valence-corrected chi connectivity index (χ3v) is 1.25. The van der Waals surface area contributed by atoms with Crippen LogP contribution in [0.4, 0.5) is 0 Å². The zero-order chi connectivity index (χ0) is 6.97. The molecule has 0 aliphatic rings. The summed E-state index contributed by atoms with van der Waals surface area (Å²) < 4.78 is 0. The first-order valence-corrected chi connectivity index (χ1v) is 2.75. The van der Waals surface area contributed by atoms with Crippen molar-refractivity contribution in [3.8, 4) is 0 Å². The number of aromatic amines is 2. The van der Waals surface area contributed by atoms with Crippen LogP contribution in [0.3, 0.4) is 0 Å². The number of fused-ring (bicyclic) bond motifs is 1. The summed E-state index contributed by atoms with van der Waals surface area (Å²) in [5.41, 5.74) is 0.350. The van der Waals surface area contributed by atoms with Crippen molar-refractivity contribution in [2.45, 2.75) is 0 Å². The van der Waals surface area contributed by atoms with E-state index in [9.17, 15) is 4.79 Å². The molecule has 2 rings (SSSR count). The van der Waals surface area contributed by atoms with Crippen LogP contribution in [0.15, 0.2) is 17.3 Å². The van der Waals surface area contributed by atoms with Gasteiger partial charge in [-0.15, -0.1) is 0 Å². The van der Waals surface area contributed by atoms with Crippen molar-refractivity contribution in [3.05, 3.63) is 22.9 Å². The zero-order valence-corrected chi connectivity index (χ0v) is 7.08. The molecule has 2 aromatic heterocycles. The van der Waals surface area contributed by atoms with E-state index in [1.807, 2.05) is 0 Å². The van der Waals surface area contributed by atoms with Crippen LogP contribution in [0.5, 0.6) is 0 Å². The molecule has 0 fully saturated rings. The molecule has 0 aliphatic carbocycles. The zero-order valence-electron chi connectivity index (χ0n) is 7.66. The number of nitrogens with one attached hydrogen (secondary N) is 2. The number of hydrogen-bond donors (Lipinski definition) is 2. The smallest absolute Gasteiger partial charge is 1.00 e. The Hall–Kier alpha value is -0.884. The fraction of sp³-hybridized carbons (Fsp3) is 0. The molecule has 0 saturated heterocycles. The van der Waals surface area contributed by atoms with Gasteiger partial charge in [-0.1, -0.05) is 0 Å². The van der Waals surface area contributed by atoms with Gasteiger partial charge in [0.05, 0.1) is 12.5 Å². The van der Waals surface area contributed by atoms with Crippen LogP contribution in [0.2, 0.25) is 0 Å². The van der Waals surface area contributed by atoms with Gasteiger partial charge in [0, 0.05) is 0 Å². The third kappa shape index (κ3) is 1.26. The second-order valence-electron chi connectivity index (χ2n) is 1.86. The summed E-state index contributed by atoms with van der Waals surface area (Å²) in [5, 5.41) is 6.72. The Morgan fingerprint density at radius 3 is 3.09 bits per heavy atom. The van der Waals surface area contributed by atoms with E-state index < -0.39 is 0 Å². The molecule has 54 valence electrons. The van der Waals surface area contributed by atoms with Gasteiger partial charge in [0.1, 0.15) is 5.39 Å². The van der Waals surface area contributed by atoms with Crippen LogP contribution in [0, 0.1) is 0 Å². The van der Waals surface area contributed by atoms with Gasteiger partial charge in [0.15, 0.2) is 5.65 Å². The Morgan fingerprint density at radius 1 is 1.55 bits per heavy atom. The summed E-state index contributed by atoms with van der Waals surface area (Å²) in [4.78, 5) is 17.1. The van der Waals surface area contributed by atoms with Gasteiger partial charge in [-0.05, 0) is 0 Å². The summed E-state index contributed by atoms with van der Waals surface area (Å²) in [6.07, 6.45) is 2.78. The number of rotatable bonds is 0. The Balaban J connectivity index is 0. The average Bonchev–Trinajstić information content (AvgIpc) is 2.36. The van der Waals surface area contributed by atoms with Crippen LogP contribution in [-0.2, 0) is 0 Å². The third-order valence-electron chi connectivity index (χ3n) is 1.25. The topological polar surface area (TPSA) is 74.4 Å². The SMILES string of the molecule is O=c1[nH]cnc2[nH]ncc12.[H-].[H-].[Mg+2].